The SMILES string of the molecule is C[C@@H](CC(=O)c1cc(=O)[nH]c(N(C)C)n1)c1cc(F)c(C(F)(F)F)cc1F. The number of aromatic amines is 1. The first-order valence-electron chi connectivity index (χ1n) is 7.78. The van der Waals surface area contributed by atoms with E-state index < -0.39 is 40.6 Å². The molecule has 0 spiro atoms. The van der Waals surface area contributed by atoms with E-state index in [-0.39, 0.29) is 29.7 Å². The van der Waals surface area contributed by atoms with Crippen molar-refractivity contribution in [1.82, 2.24) is 9.97 Å². The quantitative estimate of drug-likeness (QED) is 0.628. The summed E-state index contributed by atoms with van der Waals surface area (Å²) in [5, 5.41) is 0. The molecule has 0 fully saturated rings. The Balaban J connectivity index is 2.30. The molecule has 1 aromatic carbocycles. The highest BCUT2D eigenvalue weighted by molar-refractivity contribution is 5.94. The van der Waals surface area contributed by atoms with Gasteiger partial charge in [-0.05, 0) is 23.6 Å². The van der Waals surface area contributed by atoms with E-state index in [0.29, 0.717) is 6.07 Å². The van der Waals surface area contributed by atoms with Crippen LogP contribution in [-0.2, 0) is 6.18 Å². The fourth-order valence-corrected chi connectivity index (χ4v) is 2.45. The summed E-state index contributed by atoms with van der Waals surface area (Å²) < 4.78 is 65.6. The number of nitrogens with zero attached hydrogens (tertiary/aromatic N) is 2. The summed E-state index contributed by atoms with van der Waals surface area (Å²) in [5.74, 6) is -4.32. The Bertz CT molecular complexity index is 922. The second-order valence-corrected chi connectivity index (χ2v) is 6.23. The van der Waals surface area contributed by atoms with E-state index in [1.807, 2.05) is 0 Å². The normalized spacial score (nSPS) is 12.7. The lowest BCUT2D eigenvalue weighted by molar-refractivity contribution is -0.140. The number of hydrogen-bond donors (Lipinski definition) is 1. The molecule has 1 atom stereocenters. The third-order valence-electron chi connectivity index (χ3n) is 3.85. The summed E-state index contributed by atoms with van der Waals surface area (Å²) in [6.07, 6.45) is -5.40. The molecule has 0 radical (unpaired) electrons. The van der Waals surface area contributed by atoms with Gasteiger partial charge in [-0.1, -0.05) is 6.92 Å². The third kappa shape index (κ3) is 4.69. The minimum Gasteiger partial charge on any atom is -0.348 e. The number of carbonyl (C=O) groups is 1. The van der Waals surface area contributed by atoms with Crippen molar-refractivity contribution in [2.45, 2.75) is 25.4 Å². The molecular weight excluding hydrogens is 373 g/mol. The van der Waals surface area contributed by atoms with E-state index in [4.69, 9.17) is 0 Å². The summed E-state index contributed by atoms with van der Waals surface area (Å²) in [6, 6.07) is 1.47. The molecule has 0 aliphatic rings. The number of Topliss-reactive ketones (excluding diaryl/α,β-unsaturated/α-hetero) is 1. The number of rotatable bonds is 5. The minimum atomic E-state index is -5.03. The van der Waals surface area contributed by atoms with Gasteiger partial charge in [0.05, 0.1) is 5.56 Å². The summed E-state index contributed by atoms with van der Waals surface area (Å²) in [7, 11) is 3.19. The van der Waals surface area contributed by atoms with Crippen LogP contribution >= 0.6 is 0 Å². The Kier molecular flexibility index (Phi) is 5.67. The maximum Gasteiger partial charge on any atom is 0.419 e. The van der Waals surface area contributed by atoms with Crippen LogP contribution in [0.4, 0.5) is 27.9 Å². The molecule has 0 saturated heterocycles. The van der Waals surface area contributed by atoms with Crippen molar-refractivity contribution in [3.05, 3.63) is 57.0 Å². The highest BCUT2D eigenvalue weighted by Crippen LogP contribution is 2.34. The van der Waals surface area contributed by atoms with E-state index >= 15 is 0 Å². The monoisotopic (exact) mass is 389 g/mol. The Morgan fingerprint density at radius 3 is 2.37 bits per heavy atom. The van der Waals surface area contributed by atoms with Gasteiger partial charge < -0.3 is 4.90 Å². The second-order valence-electron chi connectivity index (χ2n) is 6.23. The lowest BCUT2D eigenvalue weighted by Crippen LogP contribution is -2.21. The van der Waals surface area contributed by atoms with E-state index in [0.717, 1.165) is 6.07 Å². The number of aromatic nitrogens is 2. The zero-order valence-electron chi connectivity index (χ0n) is 14.6. The number of anilines is 1. The average Bonchev–Trinajstić information content (AvgIpc) is 2.54. The molecule has 1 heterocycles. The number of nitrogens with one attached hydrogen (secondary N) is 1. The zero-order valence-corrected chi connectivity index (χ0v) is 14.6. The van der Waals surface area contributed by atoms with Gasteiger partial charge in [0, 0.05) is 26.6 Å². The van der Waals surface area contributed by atoms with Crippen molar-refractivity contribution in [1.29, 1.82) is 0 Å². The van der Waals surface area contributed by atoms with Gasteiger partial charge >= 0.3 is 6.18 Å². The van der Waals surface area contributed by atoms with Gasteiger partial charge in [-0.2, -0.15) is 13.2 Å². The van der Waals surface area contributed by atoms with Crippen LogP contribution in [0.25, 0.3) is 0 Å². The fraction of sp³-hybridized carbons (Fsp3) is 0.353. The van der Waals surface area contributed by atoms with E-state index in [2.05, 4.69) is 9.97 Å². The zero-order chi connectivity index (χ0) is 20.5. The van der Waals surface area contributed by atoms with Gasteiger partial charge in [0.25, 0.3) is 5.56 Å². The third-order valence-corrected chi connectivity index (χ3v) is 3.85. The van der Waals surface area contributed by atoms with Crippen LogP contribution < -0.4 is 10.5 Å². The standard InChI is InChI=1S/C17H16F5N3O2/c1-8(9-5-12(19)10(6-11(9)18)17(20,21)22)4-14(26)13-7-15(27)24-16(23-13)25(2)3/h5-8H,4H2,1-3H3,(H,23,24,27)/t8-/m0/s1. The molecule has 5 nitrogen and oxygen atoms in total. The molecule has 10 heteroatoms. The smallest absolute Gasteiger partial charge is 0.348 e. The maximum atomic E-state index is 14.0. The number of hydrogen-bond acceptors (Lipinski definition) is 4. The fourth-order valence-electron chi connectivity index (χ4n) is 2.45. The highest BCUT2D eigenvalue weighted by atomic mass is 19.4. The van der Waals surface area contributed by atoms with Gasteiger partial charge in [0.15, 0.2) is 5.78 Å². The predicted octanol–water partition coefficient (Wildman–Crippen LogP) is 3.51. The molecule has 146 valence electrons. The molecule has 2 rings (SSSR count). The molecule has 0 unspecified atom stereocenters. The summed E-state index contributed by atoms with van der Waals surface area (Å²) in [6.45, 7) is 1.36. The van der Waals surface area contributed by atoms with Crippen molar-refractivity contribution < 1.29 is 26.7 Å². The predicted molar refractivity (Wildman–Crippen MR) is 87.9 cm³/mol. The van der Waals surface area contributed by atoms with Crippen LogP contribution in [0, 0.1) is 11.6 Å². The lowest BCUT2D eigenvalue weighted by atomic mass is 9.93. The van der Waals surface area contributed by atoms with E-state index in [1.54, 1.807) is 14.1 Å². The number of H-pyrrole nitrogens is 1. The molecule has 0 aliphatic heterocycles. The maximum absolute atomic E-state index is 14.0. The Morgan fingerprint density at radius 1 is 1.19 bits per heavy atom. The van der Waals surface area contributed by atoms with Gasteiger partial charge in [-0.3, -0.25) is 14.6 Å². The molecule has 1 N–H and O–H groups in total. The molecule has 0 aliphatic carbocycles. The second kappa shape index (κ2) is 7.45. The molecule has 1 aromatic heterocycles. The van der Waals surface area contributed by atoms with E-state index in [9.17, 15) is 31.5 Å². The summed E-state index contributed by atoms with van der Waals surface area (Å²) >= 11 is 0. The first kappa shape index (κ1) is 20.5. The lowest BCUT2D eigenvalue weighted by Gasteiger charge is -2.16. The van der Waals surface area contributed by atoms with Crippen LogP contribution in [0.2, 0.25) is 0 Å². The van der Waals surface area contributed by atoms with Crippen LogP contribution in [0.1, 0.15) is 40.9 Å². The number of benzene rings is 1. The van der Waals surface area contributed by atoms with Crippen molar-refractivity contribution in [2.24, 2.45) is 0 Å². The Hall–Kier alpha value is -2.78. The van der Waals surface area contributed by atoms with E-state index in [1.165, 1.54) is 11.8 Å². The first-order valence-corrected chi connectivity index (χ1v) is 7.78. The van der Waals surface area contributed by atoms with Gasteiger partial charge in [0.2, 0.25) is 5.95 Å². The number of alkyl halides is 3. The average molecular weight is 389 g/mol. The number of ketones is 1. The minimum absolute atomic E-state index is 0.0707. The van der Waals surface area contributed by atoms with Crippen LogP contribution in [0.15, 0.2) is 23.0 Å². The van der Waals surface area contributed by atoms with Gasteiger partial charge in [-0.15, -0.1) is 0 Å². The number of carbonyl (C=O) groups excluding carboxylic acids is 1. The Labute approximate surface area is 150 Å². The van der Waals surface area contributed by atoms with Crippen LogP contribution in [-0.4, -0.2) is 29.8 Å². The van der Waals surface area contributed by atoms with Crippen LogP contribution in [0.5, 0.6) is 0 Å². The highest BCUT2D eigenvalue weighted by Gasteiger charge is 2.35. The summed E-state index contributed by atoms with van der Waals surface area (Å²) in [5.41, 5.74) is -2.83. The van der Waals surface area contributed by atoms with Gasteiger partial charge in [0.1, 0.15) is 17.3 Å². The first-order chi connectivity index (χ1) is 12.4. The largest absolute Gasteiger partial charge is 0.419 e. The Morgan fingerprint density at radius 2 is 1.81 bits per heavy atom. The van der Waals surface area contributed by atoms with Crippen molar-refractivity contribution >= 4 is 11.7 Å². The molecular formula is C17H16F5N3O2. The van der Waals surface area contributed by atoms with Crippen molar-refractivity contribution in [2.75, 3.05) is 19.0 Å². The molecule has 2 aromatic rings. The molecule has 0 amide bonds. The van der Waals surface area contributed by atoms with Gasteiger partial charge in [-0.25, -0.2) is 13.8 Å². The van der Waals surface area contributed by atoms with Crippen molar-refractivity contribution in [3.63, 3.8) is 0 Å². The number of halogens is 5. The summed E-state index contributed by atoms with van der Waals surface area (Å²) in [4.78, 5) is 31.8. The molecule has 0 saturated carbocycles. The molecule has 0 bridgehead atoms. The molecule has 27 heavy (non-hydrogen) atoms. The topological polar surface area (TPSA) is 66.1 Å². The van der Waals surface area contributed by atoms with Crippen LogP contribution in [0.3, 0.4) is 0 Å². The van der Waals surface area contributed by atoms with Crippen molar-refractivity contribution in [3.8, 4) is 0 Å².